The largest absolute Gasteiger partial charge is 0.477 e. The van der Waals surface area contributed by atoms with E-state index >= 15 is 0 Å². The van der Waals surface area contributed by atoms with Gasteiger partial charge in [-0.15, -0.1) is 0 Å². The van der Waals surface area contributed by atoms with Crippen molar-refractivity contribution in [2.24, 2.45) is 0 Å². The van der Waals surface area contributed by atoms with E-state index < -0.39 is 5.97 Å². The third kappa shape index (κ3) is 1.93. The molecular weight excluding hydrogens is 218 g/mol. The number of hydrogen-bond acceptors (Lipinski definition) is 2. The molecule has 4 nitrogen and oxygen atoms in total. The van der Waals surface area contributed by atoms with Crippen LogP contribution in [0.3, 0.4) is 0 Å². The summed E-state index contributed by atoms with van der Waals surface area (Å²) >= 11 is 0. The Morgan fingerprint density at radius 2 is 2.06 bits per heavy atom. The van der Waals surface area contributed by atoms with Crippen molar-refractivity contribution in [2.45, 2.75) is 19.9 Å². The molecular formula is C13H13NO3. The monoisotopic (exact) mass is 231 g/mol. The zero-order chi connectivity index (χ0) is 12.4. The molecule has 0 aliphatic carbocycles. The predicted octanol–water partition coefficient (Wildman–Crippen LogP) is 2.11. The molecule has 0 saturated heterocycles. The first-order valence-corrected chi connectivity index (χ1v) is 5.51. The van der Waals surface area contributed by atoms with Crippen LogP contribution < -0.4 is 5.56 Å². The molecule has 4 heteroatoms. The van der Waals surface area contributed by atoms with E-state index in [2.05, 4.69) is 0 Å². The summed E-state index contributed by atoms with van der Waals surface area (Å²) in [5, 5.41) is 10.3. The van der Waals surface area contributed by atoms with Crippen LogP contribution in [0.5, 0.6) is 0 Å². The number of aromatic carboxylic acids is 1. The van der Waals surface area contributed by atoms with E-state index in [0.29, 0.717) is 17.3 Å². The lowest BCUT2D eigenvalue weighted by Gasteiger charge is -2.10. The van der Waals surface area contributed by atoms with E-state index in [0.717, 1.165) is 6.42 Å². The van der Waals surface area contributed by atoms with E-state index in [1.807, 2.05) is 6.92 Å². The number of hydrogen-bond donors (Lipinski definition) is 1. The number of rotatable bonds is 3. The Hall–Kier alpha value is -2.10. The summed E-state index contributed by atoms with van der Waals surface area (Å²) in [5.41, 5.74) is -0.182. The van der Waals surface area contributed by atoms with Crippen LogP contribution in [0.25, 0.3) is 10.8 Å². The van der Waals surface area contributed by atoms with E-state index in [1.165, 1.54) is 4.57 Å². The normalized spacial score (nSPS) is 10.6. The lowest BCUT2D eigenvalue weighted by molar-refractivity contribution is 0.0683. The minimum Gasteiger partial charge on any atom is -0.477 e. The SMILES string of the molecule is CCCn1c(C(=O)O)cc2ccccc2c1=O. The number of fused-ring (bicyclic) bond motifs is 1. The molecule has 1 N–H and O–H groups in total. The average Bonchev–Trinajstić information content (AvgIpc) is 2.32. The fourth-order valence-electron chi connectivity index (χ4n) is 1.92. The highest BCUT2D eigenvalue weighted by Crippen LogP contribution is 2.12. The van der Waals surface area contributed by atoms with Crippen LogP contribution in [0.2, 0.25) is 0 Å². The molecule has 1 aromatic carbocycles. The summed E-state index contributed by atoms with van der Waals surface area (Å²) in [6.07, 6.45) is 0.721. The first-order valence-electron chi connectivity index (χ1n) is 5.51. The van der Waals surface area contributed by atoms with Crippen molar-refractivity contribution in [3.63, 3.8) is 0 Å². The lowest BCUT2D eigenvalue weighted by Crippen LogP contribution is -2.26. The van der Waals surface area contributed by atoms with Gasteiger partial charge in [0, 0.05) is 11.9 Å². The molecule has 0 saturated carbocycles. The maximum atomic E-state index is 12.1. The maximum absolute atomic E-state index is 12.1. The summed E-state index contributed by atoms with van der Waals surface area (Å²) in [5.74, 6) is -1.07. The molecule has 0 aliphatic heterocycles. The van der Waals surface area contributed by atoms with Gasteiger partial charge in [0.2, 0.25) is 0 Å². The quantitative estimate of drug-likeness (QED) is 0.880. The fourth-order valence-corrected chi connectivity index (χ4v) is 1.92. The zero-order valence-corrected chi connectivity index (χ0v) is 9.51. The van der Waals surface area contributed by atoms with Gasteiger partial charge in [0.25, 0.3) is 5.56 Å². The first-order chi connectivity index (χ1) is 8.15. The first kappa shape index (κ1) is 11.4. The van der Waals surface area contributed by atoms with Crippen LogP contribution in [-0.4, -0.2) is 15.6 Å². The molecule has 0 fully saturated rings. The Balaban J connectivity index is 2.84. The van der Waals surface area contributed by atoms with Crippen molar-refractivity contribution in [1.82, 2.24) is 4.57 Å². The molecule has 1 aromatic heterocycles. The Morgan fingerprint density at radius 3 is 2.71 bits per heavy atom. The molecule has 17 heavy (non-hydrogen) atoms. The highest BCUT2D eigenvalue weighted by molar-refractivity contribution is 5.92. The molecule has 0 bridgehead atoms. The molecule has 2 rings (SSSR count). The number of benzene rings is 1. The van der Waals surface area contributed by atoms with Crippen LogP contribution in [0.1, 0.15) is 23.8 Å². The summed E-state index contributed by atoms with van der Waals surface area (Å²) < 4.78 is 1.32. The van der Waals surface area contributed by atoms with Gasteiger partial charge in [0.05, 0.1) is 0 Å². The summed E-state index contributed by atoms with van der Waals surface area (Å²) in [7, 11) is 0. The second kappa shape index (κ2) is 4.41. The zero-order valence-electron chi connectivity index (χ0n) is 9.51. The van der Waals surface area contributed by atoms with Crippen LogP contribution in [-0.2, 0) is 6.54 Å². The van der Waals surface area contributed by atoms with Crippen molar-refractivity contribution >= 4 is 16.7 Å². The highest BCUT2D eigenvalue weighted by atomic mass is 16.4. The van der Waals surface area contributed by atoms with Crippen LogP contribution in [0.15, 0.2) is 35.1 Å². The number of nitrogens with zero attached hydrogens (tertiary/aromatic N) is 1. The molecule has 0 radical (unpaired) electrons. The lowest BCUT2D eigenvalue weighted by atomic mass is 10.1. The van der Waals surface area contributed by atoms with Crippen molar-refractivity contribution in [3.05, 3.63) is 46.4 Å². The molecule has 0 spiro atoms. The molecule has 2 aromatic rings. The van der Waals surface area contributed by atoms with Crippen LogP contribution in [0.4, 0.5) is 0 Å². The van der Waals surface area contributed by atoms with Crippen LogP contribution in [0, 0.1) is 0 Å². The molecule has 88 valence electrons. The predicted molar refractivity (Wildman–Crippen MR) is 65.5 cm³/mol. The maximum Gasteiger partial charge on any atom is 0.352 e. The second-order valence-corrected chi connectivity index (χ2v) is 3.88. The van der Waals surface area contributed by atoms with Gasteiger partial charge in [0.1, 0.15) is 5.69 Å². The smallest absolute Gasteiger partial charge is 0.352 e. The highest BCUT2D eigenvalue weighted by Gasteiger charge is 2.13. The fraction of sp³-hybridized carbons (Fsp3) is 0.231. The number of pyridine rings is 1. The average molecular weight is 231 g/mol. The molecule has 1 heterocycles. The third-order valence-electron chi connectivity index (χ3n) is 2.69. The van der Waals surface area contributed by atoms with Crippen molar-refractivity contribution < 1.29 is 9.90 Å². The van der Waals surface area contributed by atoms with Gasteiger partial charge in [-0.1, -0.05) is 25.1 Å². The minimum atomic E-state index is -1.07. The standard InChI is InChI=1S/C13H13NO3/c1-2-7-14-11(13(16)17)8-9-5-3-4-6-10(9)12(14)15/h3-6,8H,2,7H2,1H3,(H,16,17). The van der Waals surface area contributed by atoms with Gasteiger partial charge >= 0.3 is 5.97 Å². The number of aromatic nitrogens is 1. The van der Waals surface area contributed by atoms with E-state index in [4.69, 9.17) is 5.11 Å². The Labute approximate surface area is 98.1 Å². The number of carboxylic acid groups (broad SMARTS) is 1. The Kier molecular flexibility index (Phi) is 2.95. The van der Waals surface area contributed by atoms with Gasteiger partial charge < -0.3 is 9.67 Å². The molecule has 0 unspecified atom stereocenters. The van der Waals surface area contributed by atoms with E-state index in [9.17, 15) is 9.59 Å². The number of carbonyl (C=O) groups is 1. The molecule has 0 atom stereocenters. The topological polar surface area (TPSA) is 59.3 Å². The molecule has 0 amide bonds. The van der Waals surface area contributed by atoms with Crippen molar-refractivity contribution in [3.8, 4) is 0 Å². The molecule has 0 aliphatic rings. The van der Waals surface area contributed by atoms with Gasteiger partial charge in [-0.25, -0.2) is 4.79 Å². The second-order valence-electron chi connectivity index (χ2n) is 3.88. The summed E-state index contributed by atoms with van der Waals surface area (Å²) in [4.78, 5) is 23.3. The van der Waals surface area contributed by atoms with E-state index in [-0.39, 0.29) is 11.3 Å². The van der Waals surface area contributed by atoms with Gasteiger partial charge in [-0.05, 0) is 23.9 Å². The van der Waals surface area contributed by atoms with Gasteiger partial charge in [-0.2, -0.15) is 0 Å². The van der Waals surface area contributed by atoms with Crippen molar-refractivity contribution in [2.75, 3.05) is 0 Å². The van der Waals surface area contributed by atoms with E-state index in [1.54, 1.807) is 30.3 Å². The summed E-state index contributed by atoms with van der Waals surface area (Å²) in [6, 6.07) is 8.58. The Morgan fingerprint density at radius 1 is 1.35 bits per heavy atom. The van der Waals surface area contributed by atoms with Crippen molar-refractivity contribution in [1.29, 1.82) is 0 Å². The third-order valence-corrected chi connectivity index (χ3v) is 2.69. The van der Waals surface area contributed by atoms with Gasteiger partial charge in [0.15, 0.2) is 0 Å². The summed E-state index contributed by atoms with van der Waals surface area (Å²) in [6.45, 7) is 2.33. The Bertz CT molecular complexity index is 628. The van der Waals surface area contributed by atoms with Crippen LogP contribution >= 0.6 is 0 Å². The minimum absolute atomic E-state index is 0.0514. The van der Waals surface area contributed by atoms with Gasteiger partial charge in [-0.3, -0.25) is 4.79 Å². The number of carboxylic acids is 1.